The fraction of sp³-hybridized carbons (Fsp3) is 0.556. The molecule has 3 heterocycles. The van der Waals surface area contributed by atoms with Crippen LogP contribution in [0.25, 0.3) is 10.9 Å². The summed E-state index contributed by atoms with van der Waals surface area (Å²) in [5.41, 5.74) is 0.992. The first-order chi connectivity index (χ1) is 12.3. The molecule has 0 amide bonds. The molecule has 0 aliphatic carbocycles. The average molecular weight is 343 g/mol. The van der Waals surface area contributed by atoms with Crippen LogP contribution in [0.4, 0.5) is 11.8 Å². The Morgan fingerprint density at radius 1 is 0.920 bits per heavy atom. The Hall–Kier alpha value is -1.96. The molecule has 4 rings (SSSR count). The van der Waals surface area contributed by atoms with E-state index < -0.39 is 0 Å². The van der Waals surface area contributed by atoms with E-state index in [4.69, 9.17) is 19.8 Å². The van der Waals surface area contributed by atoms with E-state index in [1.165, 1.54) is 0 Å². The van der Waals surface area contributed by atoms with Gasteiger partial charge in [0.25, 0.3) is 0 Å². The maximum absolute atomic E-state index is 9.10. The number of aromatic nitrogens is 2. The Labute approximate surface area is 147 Å². The van der Waals surface area contributed by atoms with Gasteiger partial charge in [0.1, 0.15) is 5.82 Å². The quantitative estimate of drug-likeness (QED) is 0.871. The van der Waals surface area contributed by atoms with E-state index in [-0.39, 0.29) is 6.61 Å². The molecule has 0 atom stereocenters. The van der Waals surface area contributed by atoms with E-state index in [2.05, 4.69) is 26.8 Å². The number of β-amino-alcohol motifs (C(OH)–C–C–N with tert-alkyl or cyclic N) is 1. The van der Waals surface area contributed by atoms with Crippen molar-refractivity contribution in [2.24, 2.45) is 0 Å². The number of ether oxygens (including phenoxy) is 1. The fourth-order valence-corrected chi connectivity index (χ4v) is 3.52. The number of nitrogens with zero attached hydrogens (tertiary/aromatic N) is 5. The van der Waals surface area contributed by atoms with Crippen molar-refractivity contribution in [2.75, 3.05) is 75.4 Å². The van der Waals surface area contributed by atoms with Gasteiger partial charge in [-0.1, -0.05) is 12.1 Å². The molecule has 2 saturated heterocycles. The standard InChI is InChI=1S/C18H25N5O2/c24-12-9-21-5-7-23(8-6-21)18-19-16-4-2-1-3-15(16)17(20-18)22-10-13-25-14-11-22/h1-4,24H,5-14H2. The second-order valence-corrected chi connectivity index (χ2v) is 6.52. The first kappa shape index (κ1) is 16.5. The van der Waals surface area contributed by atoms with Gasteiger partial charge in [-0.15, -0.1) is 0 Å². The maximum atomic E-state index is 9.10. The van der Waals surface area contributed by atoms with E-state index in [0.717, 1.165) is 81.7 Å². The van der Waals surface area contributed by atoms with Crippen LogP contribution in [0.1, 0.15) is 0 Å². The minimum absolute atomic E-state index is 0.216. The molecule has 0 saturated carbocycles. The summed E-state index contributed by atoms with van der Waals surface area (Å²) in [6, 6.07) is 8.24. The van der Waals surface area contributed by atoms with Crippen molar-refractivity contribution >= 4 is 22.7 Å². The highest BCUT2D eigenvalue weighted by molar-refractivity contribution is 5.90. The van der Waals surface area contributed by atoms with Crippen LogP contribution in [0.5, 0.6) is 0 Å². The monoisotopic (exact) mass is 343 g/mol. The summed E-state index contributed by atoms with van der Waals surface area (Å²) in [4.78, 5) is 16.6. The molecule has 0 unspecified atom stereocenters. The molecule has 0 radical (unpaired) electrons. The summed E-state index contributed by atoms with van der Waals surface area (Å²) in [5, 5.41) is 10.2. The zero-order chi connectivity index (χ0) is 17.1. The topological polar surface area (TPSA) is 65.0 Å². The highest BCUT2D eigenvalue weighted by atomic mass is 16.5. The van der Waals surface area contributed by atoms with Gasteiger partial charge in [-0.3, -0.25) is 4.90 Å². The van der Waals surface area contributed by atoms with E-state index in [9.17, 15) is 0 Å². The van der Waals surface area contributed by atoms with Crippen LogP contribution in [-0.2, 0) is 4.74 Å². The molecule has 1 aromatic heterocycles. The number of benzene rings is 1. The van der Waals surface area contributed by atoms with Crippen molar-refractivity contribution in [1.82, 2.24) is 14.9 Å². The van der Waals surface area contributed by atoms with Gasteiger partial charge in [-0.25, -0.2) is 4.98 Å². The van der Waals surface area contributed by atoms with Crippen LogP contribution < -0.4 is 9.80 Å². The van der Waals surface area contributed by atoms with Gasteiger partial charge in [0.15, 0.2) is 0 Å². The molecule has 2 fully saturated rings. The zero-order valence-electron chi connectivity index (χ0n) is 14.5. The second-order valence-electron chi connectivity index (χ2n) is 6.52. The summed E-state index contributed by atoms with van der Waals surface area (Å²) in [6.45, 7) is 7.82. The van der Waals surface area contributed by atoms with E-state index >= 15 is 0 Å². The predicted octanol–water partition coefficient (Wildman–Crippen LogP) is 0.581. The van der Waals surface area contributed by atoms with Crippen molar-refractivity contribution in [2.45, 2.75) is 0 Å². The number of aliphatic hydroxyl groups is 1. The molecule has 2 aromatic rings. The second kappa shape index (κ2) is 7.51. The van der Waals surface area contributed by atoms with Gasteiger partial charge in [0.2, 0.25) is 5.95 Å². The number of para-hydroxylation sites is 1. The first-order valence-corrected chi connectivity index (χ1v) is 9.03. The van der Waals surface area contributed by atoms with Crippen LogP contribution in [-0.4, -0.2) is 85.6 Å². The third-order valence-electron chi connectivity index (χ3n) is 4.95. The Morgan fingerprint density at radius 2 is 1.68 bits per heavy atom. The summed E-state index contributed by atoms with van der Waals surface area (Å²) in [6.07, 6.45) is 0. The van der Waals surface area contributed by atoms with Crippen molar-refractivity contribution in [1.29, 1.82) is 0 Å². The Kier molecular flexibility index (Phi) is 4.96. The number of hydrogen-bond acceptors (Lipinski definition) is 7. The number of fused-ring (bicyclic) bond motifs is 1. The van der Waals surface area contributed by atoms with Gasteiger partial charge >= 0.3 is 0 Å². The minimum atomic E-state index is 0.216. The summed E-state index contributed by atoms with van der Waals surface area (Å²) in [7, 11) is 0. The molecule has 7 heteroatoms. The average Bonchev–Trinajstić information content (AvgIpc) is 2.69. The third kappa shape index (κ3) is 3.53. The lowest BCUT2D eigenvalue weighted by molar-refractivity contribution is 0.122. The lowest BCUT2D eigenvalue weighted by atomic mass is 10.2. The fourth-order valence-electron chi connectivity index (χ4n) is 3.52. The SMILES string of the molecule is OCCN1CCN(c2nc(N3CCOCC3)c3ccccc3n2)CC1. The Bertz CT molecular complexity index is 712. The molecule has 0 spiro atoms. The number of hydrogen-bond donors (Lipinski definition) is 1. The van der Waals surface area contributed by atoms with Gasteiger partial charge in [-0.05, 0) is 12.1 Å². The summed E-state index contributed by atoms with van der Waals surface area (Å²) in [5.74, 6) is 1.82. The van der Waals surface area contributed by atoms with Crippen molar-refractivity contribution in [3.63, 3.8) is 0 Å². The van der Waals surface area contributed by atoms with Gasteiger partial charge in [-0.2, -0.15) is 4.98 Å². The Balaban J connectivity index is 1.63. The van der Waals surface area contributed by atoms with Crippen molar-refractivity contribution < 1.29 is 9.84 Å². The molecule has 134 valence electrons. The summed E-state index contributed by atoms with van der Waals surface area (Å²) < 4.78 is 5.49. The van der Waals surface area contributed by atoms with Crippen LogP contribution in [0.2, 0.25) is 0 Å². The number of anilines is 2. The predicted molar refractivity (Wildman–Crippen MR) is 98.3 cm³/mol. The van der Waals surface area contributed by atoms with E-state index in [0.29, 0.717) is 0 Å². The molecular weight excluding hydrogens is 318 g/mol. The third-order valence-corrected chi connectivity index (χ3v) is 4.95. The van der Waals surface area contributed by atoms with Gasteiger partial charge in [0, 0.05) is 51.2 Å². The number of aliphatic hydroxyl groups excluding tert-OH is 1. The highest BCUT2D eigenvalue weighted by Gasteiger charge is 2.22. The normalized spacial score (nSPS) is 19.6. The minimum Gasteiger partial charge on any atom is -0.395 e. The maximum Gasteiger partial charge on any atom is 0.227 e. The molecule has 0 bridgehead atoms. The molecule has 7 nitrogen and oxygen atoms in total. The largest absolute Gasteiger partial charge is 0.395 e. The van der Waals surface area contributed by atoms with Crippen LogP contribution in [0.3, 0.4) is 0 Å². The molecule has 1 N–H and O–H groups in total. The van der Waals surface area contributed by atoms with Gasteiger partial charge < -0.3 is 19.6 Å². The molecule has 1 aromatic carbocycles. The number of rotatable bonds is 4. The van der Waals surface area contributed by atoms with Crippen molar-refractivity contribution in [3.8, 4) is 0 Å². The van der Waals surface area contributed by atoms with Crippen molar-refractivity contribution in [3.05, 3.63) is 24.3 Å². The van der Waals surface area contributed by atoms with E-state index in [1.807, 2.05) is 12.1 Å². The Morgan fingerprint density at radius 3 is 2.44 bits per heavy atom. The molecular formula is C18H25N5O2. The first-order valence-electron chi connectivity index (χ1n) is 9.03. The molecule has 2 aliphatic rings. The molecule has 25 heavy (non-hydrogen) atoms. The van der Waals surface area contributed by atoms with Crippen LogP contribution >= 0.6 is 0 Å². The smallest absolute Gasteiger partial charge is 0.227 e. The number of piperazine rings is 1. The zero-order valence-corrected chi connectivity index (χ0v) is 14.5. The summed E-state index contributed by atoms with van der Waals surface area (Å²) >= 11 is 0. The lowest BCUT2D eigenvalue weighted by Crippen LogP contribution is -2.48. The molecule has 2 aliphatic heterocycles. The highest BCUT2D eigenvalue weighted by Crippen LogP contribution is 2.27. The number of morpholine rings is 1. The van der Waals surface area contributed by atoms with Crippen LogP contribution in [0, 0.1) is 0 Å². The van der Waals surface area contributed by atoms with E-state index in [1.54, 1.807) is 0 Å². The lowest BCUT2D eigenvalue weighted by Gasteiger charge is -2.35. The van der Waals surface area contributed by atoms with Gasteiger partial charge in [0.05, 0.1) is 25.3 Å². The van der Waals surface area contributed by atoms with Crippen LogP contribution in [0.15, 0.2) is 24.3 Å².